The van der Waals surface area contributed by atoms with Crippen LogP contribution in [0.5, 0.6) is 0 Å². The summed E-state index contributed by atoms with van der Waals surface area (Å²) >= 11 is 3.59. The first-order valence-corrected chi connectivity index (χ1v) is 7.56. The average molecular weight is 333 g/mol. The Morgan fingerprint density at radius 2 is 2.21 bits per heavy atom. The number of hydrogen-bond donors (Lipinski definition) is 1. The minimum atomic E-state index is 0.170. The van der Waals surface area contributed by atoms with Gasteiger partial charge in [-0.3, -0.25) is 4.68 Å². The molecule has 0 radical (unpaired) electrons. The molecule has 0 fully saturated rings. The molecule has 1 aromatic heterocycles. The van der Waals surface area contributed by atoms with Crippen molar-refractivity contribution in [3.05, 3.63) is 16.4 Å². The van der Waals surface area contributed by atoms with Gasteiger partial charge in [-0.2, -0.15) is 5.10 Å². The molecule has 1 heterocycles. The van der Waals surface area contributed by atoms with Crippen LogP contribution in [0.25, 0.3) is 0 Å². The molecule has 1 unspecified atom stereocenters. The highest BCUT2D eigenvalue weighted by Gasteiger charge is 2.19. The fourth-order valence-corrected chi connectivity index (χ4v) is 2.48. The molecule has 5 nitrogen and oxygen atoms in total. The zero-order valence-corrected chi connectivity index (χ0v) is 13.9. The molecular formula is C13H25BrN4O. The number of hydrogen-bond acceptors (Lipinski definition) is 4. The Hall–Kier alpha value is -0.430. The molecule has 0 saturated carbocycles. The van der Waals surface area contributed by atoms with Crippen molar-refractivity contribution in [2.45, 2.75) is 26.4 Å². The molecule has 19 heavy (non-hydrogen) atoms. The highest BCUT2D eigenvalue weighted by atomic mass is 79.9. The number of aromatic nitrogens is 2. The number of rotatable bonds is 9. The van der Waals surface area contributed by atoms with E-state index in [9.17, 15) is 0 Å². The second-order valence-corrected chi connectivity index (χ2v) is 5.53. The van der Waals surface area contributed by atoms with E-state index in [0.29, 0.717) is 6.61 Å². The van der Waals surface area contributed by atoms with Gasteiger partial charge in [-0.25, -0.2) is 0 Å². The van der Waals surface area contributed by atoms with E-state index in [4.69, 9.17) is 4.74 Å². The molecule has 0 aliphatic heterocycles. The molecule has 0 aromatic carbocycles. The number of halogens is 1. The van der Waals surface area contributed by atoms with E-state index in [1.54, 1.807) is 0 Å². The first-order valence-electron chi connectivity index (χ1n) is 6.77. The number of ether oxygens (including phenoxy) is 1. The molecule has 0 spiro atoms. The second kappa shape index (κ2) is 8.68. The van der Waals surface area contributed by atoms with Crippen molar-refractivity contribution in [1.29, 1.82) is 0 Å². The largest absolute Gasteiger partial charge is 0.380 e. The predicted octanol–water partition coefficient (Wildman–Crippen LogP) is 1.89. The third-order valence-corrected chi connectivity index (χ3v) is 3.47. The van der Waals surface area contributed by atoms with Gasteiger partial charge >= 0.3 is 0 Å². The average Bonchev–Trinajstić information content (AvgIpc) is 2.73. The lowest BCUT2D eigenvalue weighted by Gasteiger charge is -2.20. The Bertz CT molecular complexity index is 368. The zero-order valence-electron chi connectivity index (χ0n) is 12.3. The lowest BCUT2D eigenvalue weighted by atomic mass is 10.2. The quantitative estimate of drug-likeness (QED) is 0.749. The lowest BCUT2D eigenvalue weighted by Crippen LogP contribution is -2.29. The summed E-state index contributed by atoms with van der Waals surface area (Å²) in [4.78, 5) is 2.16. The second-order valence-electron chi connectivity index (χ2n) is 4.67. The molecule has 1 atom stereocenters. The van der Waals surface area contributed by atoms with E-state index < -0.39 is 0 Å². The van der Waals surface area contributed by atoms with Gasteiger partial charge < -0.3 is 15.0 Å². The molecule has 1 N–H and O–H groups in total. The summed E-state index contributed by atoms with van der Waals surface area (Å²) in [6.07, 6.45) is 1.86. The van der Waals surface area contributed by atoms with Crippen LogP contribution in [0.2, 0.25) is 0 Å². The van der Waals surface area contributed by atoms with Gasteiger partial charge in [0.25, 0.3) is 0 Å². The Labute approximate surface area is 124 Å². The highest BCUT2D eigenvalue weighted by Crippen LogP contribution is 2.23. The van der Waals surface area contributed by atoms with Crippen LogP contribution in [0.15, 0.2) is 10.7 Å². The molecule has 0 aliphatic carbocycles. The van der Waals surface area contributed by atoms with Crippen molar-refractivity contribution in [2.75, 3.05) is 40.4 Å². The normalized spacial score (nSPS) is 13.2. The predicted molar refractivity (Wildman–Crippen MR) is 81.4 cm³/mol. The molecule has 110 valence electrons. The van der Waals surface area contributed by atoms with Crippen molar-refractivity contribution < 1.29 is 4.74 Å². The van der Waals surface area contributed by atoms with E-state index in [2.05, 4.69) is 56.9 Å². The van der Waals surface area contributed by atoms with Crippen molar-refractivity contribution in [3.63, 3.8) is 0 Å². The molecule has 0 saturated heterocycles. The van der Waals surface area contributed by atoms with Crippen molar-refractivity contribution in [1.82, 2.24) is 20.0 Å². The Morgan fingerprint density at radius 1 is 1.47 bits per heavy atom. The van der Waals surface area contributed by atoms with Crippen LogP contribution in [-0.4, -0.2) is 55.1 Å². The zero-order chi connectivity index (χ0) is 14.3. The van der Waals surface area contributed by atoms with Crippen LogP contribution < -0.4 is 5.32 Å². The van der Waals surface area contributed by atoms with Gasteiger partial charge in [0.05, 0.1) is 35.6 Å². The van der Waals surface area contributed by atoms with Crippen LogP contribution in [0, 0.1) is 0 Å². The molecule has 1 rings (SSSR count). The molecule has 6 heteroatoms. The van der Waals surface area contributed by atoms with Gasteiger partial charge in [0.2, 0.25) is 0 Å². The van der Waals surface area contributed by atoms with E-state index >= 15 is 0 Å². The number of likely N-dealkylation sites (N-methyl/N-ethyl adjacent to an activating group) is 2. The Balaban J connectivity index is 2.83. The highest BCUT2D eigenvalue weighted by molar-refractivity contribution is 9.10. The monoisotopic (exact) mass is 332 g/mol. The van der Waals surface area contributed by atoms with E-state index in [0.717, 1.165) is 36.4 Å². The summed E-state index contributed by atoms with van der Waals surface area (Å²) in [5, 5.41) is 7.91. The summed E-state index contributed by atoms with van der Waals surface area (Å²) in [6.45, 7) is 8.26. The number of nitrogens with zero attached hydrogens (tertiary/aromatic N) is 3. The summed E-state index contributed by atoms with van der Waals surface area (Å²) in [5.41, 5.74) is 1.16. The van der Waals surface area contributed by atoms with E-state index in [1.807, 2.05) is 13.1 Å². The fraction of sp³-hybridized carbons (Fsp3) is 0.769. The Kier molecular flexibility index (Phi) is 7.60. The van der Waals surface area contributed by atoms with E-state index in [-0.39, 0.29) is 6.04 Å². The van der Waals surface area contributed by atoms with E-state index in [1.165, 1.54) is 0 Å². The third kappa shape index (κ3) is 5.22. The molecule has 1 aromatic rings. The first kappa shape index (κ1) is 16.6. The molecular weight excluding hydrogens is 308 g/mol. The van der Waals surface area contributed by atoms with Gasteiger partial charge in [-0.05, 0) is 43.5 Å². The van der Waals surface area contributed by atoms with Gasteiger partial charge in [-0.1, -0.05) is 6.92 Å². The smallest absolute Gasteiger partial charge is 0.0741 e. The standard InChI is InChI=1S/C13H25BrN4O/c1-5-15-12(10-19-6-2)13-11(14)9-16-18(13)8-7-17(3)4/h9,12,15H,5-8,10H2,1-4H3. The third-order valence-electron chi connectivity index (χ3n) is 2.86. The van der Waals surface area contributed by atoms with Crippen molar-refractivity contribution in [3.8, 4) is 0 Å². The van der Waals surface area contributed by atoms with Crippen molar-refractivity contribution >= 4 is 15.9 Å². The minimum Gasteiger partial charge on any atom is -0.380 e. The van der Waals surface area contributed by atoms with Crippen LogP contribution >= 0.6 is 15.9 Å². The van der Waals surface area contributed by atoms with Crippen LogP contribution in [-0.2, 0) is 11.3 Å². The van der Waals surface area contributed by atoms with Crippen LogP contribution in [0.4, 0.5) is 0 Å². The summed E-state index contributed by atoms with van der Waals surface area (Å²) in [6, 6.07) is 0.170. The molecule has 0 bridgehead atoms. The maximum atomic E-state index is 5.57. The fourth-order valence-electron chi connectivity index (χ4n) is 1.91. The van der Waals surface area contributed by atoms with Crippen molar-refractivity contribution in [2.24, 2.45) is 0 Å². The van der Waals surface area contributed by atoms with Gasteiger partial charge in [-0.15, -0.1) is 0 Å². The van der Waals surface area contributed by atoms with Gasteiger partial charge in [0.15, 0.2) is 0 Å². The SMILES string of the molecule is CCNC(COCC)c1c(Br)cnn1CCN(C)C. The lowest BCUT2D eigenvalue weighted by molar-refractivity contribution is 0.120. The minimum absolute atomic E-state index is 0.170. The number of nitrogens with one attached hydrogen (secondary N) is 1. The topological polar surface area (TPSA) is 42.3 Å². The van der Waals surface area contributed by atoms with Crippen LogP contribution in [0.1, 0.15) is 25.6 Å². The maximum absolute atomic E-state index is 5.57. The summed E-state index contributed by atoms with van der Waals surface area (Å²) in [5.74, 6) is 0. The maximum Gasteiger partial charge on any atom is 0.0741 e. The van der Waals surface area contributed by atoms with Gasteiger partial charge in [0.1, 0.15) is 0 Å². The summed E-state index contributed by atoms with van der Waals surface area (Å²) in [7, 11) is 4.14. The molecule has 0 aliphatic rings. The summed E-state index contributed by atoms with van der Waals surface area (Å²) < 4.78 is 8.66. The first-order chi connectivity index (χ1) is 9.10. The van der Waals surface area contributed by atoms with Crippen LogP contribution in [0.3, 0.4) is 0 Å². The van der Waals surface area contributed by atoms with Gasteiger partial charge in [0, 0.05) is 13.2 Å². The Morgan fingerprint density at radius 3 is 2.79 bits per heavy atom. The molecule has 0 amide bonds.